The third-order valence-electron chi connectivity index (χ3n) is 2.99. The van der Waals surface area contributed by atoms with Crippen molar-refractivity contribution < 1.29 is 14.4 Å². The van der Waals surface area contributed by atoms with Crippen LogP contribution in [0.1, 0.15) is 45.4 Å². The topological polar surface area (TPSA) is 37.3 Å². The van der Waals surface area contributed by atoms with Gasteiger partial charge in [-0.2, -0.15) is 0 Å². The number of nitrogens with zero attached hydrogens (tertiary/aromatic N) is 1. The van der Waals surface area contributed by atoms with E-state index in [1.807, 2.05) is 0 Å². The number of quaternary nitrogens is 1. The molecule has 0 aliphatic rings. The number of unbranched alkanes of at least 4 members (excludes halogenated alkanes) is 2. The first-order valence-corrected chi connectivity index (χ1v) is 5.90. The van der Waals surface area contributed by atoms with Crippen molar-refractivity contribution in [2.24, 2.45) is 0 Å². The van der Waals surface area contributed by atoms with Gasteiger partial charge in [0.15, 0.2) is 0 Å². The highest BCUT2D eigenvalue weighted by molar-refractivity contribution is 5.66. The summed E-state index contributed by atoms with van der Waals surface area (Å²) in [6.45, 7) is 2.23. The Morgan fingerprint density at radius 3 is 2.20 bits per heavy atom. The average molecular weight is 216 g/mol. The first kappa shape index (κ1) is 14.4. The summed E-state index contributed by atoms with van der Waals surface area (Å²) in [6.07, 6.45) is 5.75. The molecule has 0 aromatic carbocycles. The largest absolute Gasteiger partial charge is 0.481 e. The van der Waals surface area contributed by atoms with Gasteiger partial charge in [-0.1, -0.05) is 13.3 Å². The maximum atomic E-state index is 10.3. The van der Waals surface area contributed by atoms with E-state index in [1.165, 1.54) is 12.8 Å². The molecule has 0 amide bonds. The number of aliphatic carboxylic acids is 1. The molecule has 0 rings (SSSR count). The van der Waals surface area contributed by atoms with Crippen molar-refractivity contribution in [1.82, 2.24) is 0 Å². The summed E-state index contributed by atoms with van der Waals surface area (Å²) >= 11 is 0. The standard InChI is InChI=1S/C12H25NO2/c1-5-11(13(2,3)4)9-7-6-8-10-12(14)15/h11H,5-10H2,1-4H3/p+1. The molecule has 0 aliphatic carbocycles. The maximum absolute atomic E-state index is 10.3. The van der Waals surface area contributed by atoms with Crippen LogP contribution in [0.5, 0.6) is 0 Å². The minimum atomic E-state index is -0.673. The van der Waals surface area contributed by atoms with Crippen LogP contribution >= 0.6 is 0 Å². The van der Waals surface area contributed by atoms with Crippen molar-refractivity contribution in [3.63, 3.8) is 0 Å². The van der Waals surface area contributed by atoms with Gasteiger partial charge in [0.25, 0.3) is 0 Å². The molecular weight excluding hydrogens is 190 g/mol. The number of carboxylic acids is 1. The Balaban J connectivity index is 3.60. The first-order valence-electron chi connectivity index (χ1n) is 5.90. The molecule has 0 bridgehead atoms. The Bertz CT molecular complexity index is 185. The van der Waals surface area contributed by atoms with E-state index in [2.05, 4.69) is 28.1 Å². The highest BCUT2D eigenvalue weighted by Crippen LogP contribution is 2.15. The van der Waals surface area contributed by atoms with Gasteiger partial charge in [-0.25, -0.2) is 0 Å². The second-order valence-electron chi connectivity index (χ2n) is 5.17. The first-order chi connectivity index (χ1) is 6.88. The van der Waals surface area contributed by atoms with E-state index in [9.17, 15) is 4.79 Å². The van der Waals surface area contributed by atoms with Crippen molar-refractivity contribution in [1.29, 1.82) is 0 Å². The van der Waals surface area contributed by atoms with Crippen LogP contribution in [0.2, 0.25) is 0 Å². The van der Waals surface area contributed by atoms with Crippen LogP contribution in [-0.4, -0.2) is 42.7 Å². The Morgan fingerprint density at radius 1 is 1.20 bits per heavy atom. The zero-order chi connectivity index (χ0) is 11.9. The van der Waals surface area contributed by atoms with Gasteiger partial charge in [0, 0.05) is 6.42 Å². The van der Waals surface area contributed by atoms with Crippen LogP contribution in [0.4, 0.5) is 0 Å². The molecule has 0 fully saturated rings. The Morgan fingerprint density at radius 2 is 1.80 bits per heavy atom. The number of carbonyl (C=O) groups is 1. The van der Waals surface area contributed by atoms with Crippen molar-refractivity contribution in [3.05, 3.63) is 0 Å². The second kappa shape index (κ2) is 6.83. The Kier molecular flexibility index (Phi) is 6.57. The number of carboxylic acid groups (broad SMARTS) is 1. The number of rotatable bonds is 8. The highest BCUT2D eigenvalue weighted by atomic mass is 16.4. The fourth-order valence-electron chi connectivity index (χ4n) is 1.97. The molecule has 1 N–H and O–H groups in total. The molecule has 0 heterocycles. The van der Waals surface area contributed by atoms with E-state index in [-0.39, 0.29) is 0 Å². The summed E-state index contributed by atoms with van der Waals surface area (Å²) in [4.78, 5) is 10.3. The molecule has 0 aromatic rings. The van der Waals surface area contributed by atoms with E-state index in [4.69, 9.17) is 5.11 Å². The molecule has 3 heteroatoms. The van der Waals surface area contributed by atoms with Gasteiger partial charge in [-0.15, -0.1) is 0 Å². The lowest BCUT2D eigenvalue weighted by atomic mass is 10.0. The number of hydrogen-bond donors (Lipinski definition) is 1. The predicted molar refractivity (Wildman–Crippen MR) is 62.8 cm³/mol. The predicted octanol–water partition coefficient (Wildman–Crippen LogP) is 2.51. The molecule has 0 saturated heterocycles. The smallest absolute Gasteiger partial charge is 0.303 e. The molecule has 0 spiro atoms. The molecule has 1 atom stereocenters. The minimum absolute atomic E-state index is 0.321. The van der Waals surface area contributed by atoms with Gasteiger partial charge in [0.1, 0.15) is 0 Å². The minimum Gasteiger partial charge on any atom is -0.481 e. The summed E-state index contributed by atoms with van der Waals surface area (Å²) in [7, 11) is 6.68. The van der Waals surface area contributed by atoms with Crippen molar-refractivity contribution >= 4 is 5.97 Å². The third-order valence-corrected chi connectivity index (χ3v) is 2.99. The van der Waals surface area contributed by atoms with Gasteiger partial charge in [0.05, 0.1) is 27.2 Å². The van der Waals surface area contributed by atoms with Crippen molar-refractivity contribution in [2.45, 2.75) is 51.5 Å². The zero-order valence-electron chi connectivity index (χ0n) is 10.6. The maximum Gasteiger partial charge on any atom is 0.303 e. The normalized spacial score (nSPS) is 13.9. The summed E-state index contributed by atoms with van der Waals surface area (Å²) in [5.74, 6) is -0.673. The summed E-state index contributed by atoms with van der Waals surface area (Å²) in [5, 5.41) is 8.49. The average Bonchev–Trinajstić information content (AvgIpc) is 2.08. The quantitative estimate of drug-likeness (QED) is 0.500. The van der Waals surface area contributed by atoms with E-state index < -0.39 is 5.97 Å². The van der Waals surface area contributed by atoms with Crippen molar-refractivity contribution in [3.8, 4) is 0 Å². The fourth-order valence-corrected chi connectivity index (χ4v) is 1.97. The highest BCUT2D eigenvalue weighted by Gasteiger charge is 2.20. The van der Waals surface area contributed by atoms with E-state index in [0.717, 1.165) is 23.7 Å². The lowest BCUT2D eigenvalue weighted by Crippen LogP contribution is -2.44. The SMILES string of the molecule is CCC(CCCCCC(=O)O)[N+](C)(C)C. The monoisotopic (exact) mass is 216 g/mol. The van der Waals surface area contributed by atoms with Crippen LogP contribution < -0.4 is 0 Å². The molecule has 1 unspecified atom stereocenters. The van der Waals surface area contributed by atoms with Crippen molar-refractivity contribution in [2.75, 3.05) is 21.1 Å². The van der Waals surface area contributed by atoms with Gasteiger partial charge >= 0.3 is 5.97 Å². The van der Waals surface area contributed by atoms with Gasteiger partial charge < -0.3 is 9.59 Å². The molecule has 0 aliphatic heterocycles. The Labute approximate surface area is 93.7 Å². The molecule has 15 heavy (non-hydrogen) atoms. The molecule has 3 nitrogen and oxygen atoms in total. The summed E-state index contributed by atoms with van der Waals surface area (Å²) in [5.41, 5.74) is 0. The lowest BCUT2D eigenvalue weighted by molar-refractivity contribution is -0.896. The van der Waals surface area contributed by atoms with Crippen LogP contribution in [0.3, 0.4) is 0 Å². The van der Waals surface area contributed by atoms with Gasteiger partial charge in [-0.3, -0.25) is 4.79 Å². The lowest BCUT2D eigenvalue weighted by Gasteiger charge is -2.33. The molecule has 0 aromatic heterocycles. The summed E-state index contributed by atoms with van der Waals surface area (Å²) < 4.78 is 1.01. The van der Waals surface area contributed by atoms with E-state index >= 15 is 0 Å². The van der Waals surface area contributed by atoms with E-state index in [1.54, 1.807) is 0 Å². The molecule has 90 valence electrons. The van der Waals surface area contributed by atoms with E-state index in [0.29, 0.717) is 12.5 Å². The Hall–Kier alpha value is -0.570. The fraction of sp³-hybridized carbons (Fsp3) is 0.917. The van der Waals surface area contributed by atoms with Crippen LogP contribution in [0.15, 0.2) is 0 Å². The van der Waals surface area contributed by atoms with Gasteiger partial charge in [0.2, 0.25) is 0 Å². The molecule has 0 radical (unpaired) electrons. The molecular formula is C12H26NO2+. The van der Waals surface area contributed by atoms with Crippen LogP contribution in [0, 0.1) is 0 Å². The molecule has 0 saturated carbocycles. The number of hydrogen-bond acceptors (Lipinski definition) is 1. The van der Waals surface area contributed by atoms with Crippen LogP contribution in [-0.2, 0) is 4.79 Å². The second-order valence-corrected chi connectivity index (χ2v) is 5.17. The summed E-state index contributed by atoms with van der Waals surface area (Å²) in [6, 6.07) is 0.704. The third kappa shape index (κ3) is 7.37. The zero-order valence-corrected chi connectivity index (χ0v) is 10.6. The van der Waals surface area contributed by atoms with Crippen LogP contribution in [0.25, 0.3) is 0 Å². The van der Waals surface area contributed by atoms with Gasteiger partial charge in [-0.05, 0) is 25.7 Å².